The zero-order valence-electron chi connectivity index (χ0n) is 21.5. The fraction of sp³-hybridized carbons (Fsp3) is 0.0741. The predicted molar refractivity (Wildman–Crippen MR) is 147 cm³/mol. The Hall–Kier alpha value is -5.31. The van der Waals surface area contributed by atoms with Crippen molar-refractivity contribution in [3.63, 3.8) is 0 Å². The molecule has 0 atom stereocenters. The number of hydrogen-bond donors (Lipinski definition) is 3. The number of anilines is 3. The highest BCUT2D eigenvalue weighted by molar-refractivity contribution is 6.30. The van der Waals surface area contributed by atoms with Crippen molar-refractivity contribution >= 4 is 34.8 Å². The van der Waals surface area contributed by atoms with Crippen molar-refractivity contribution in [2.75, 3.05) is 16.4 Å². The van der Waals surface area contributed by atoms with E-state index in [9.17, 15) is 26.7 Å². The molecule has 0 saturated heterocycles. The Morgan fingerprint density at radius 3 is 2.33 bits per heavy atom. The number of carbonyl (C=O) groups is 1. The lowest BCUT2D eigenvalue weighted by Gasteiger charge is -2.15. The van der Waals surface area contributed by atoms with Crippen molar-refractivity contribution in [2.45, 2.75) is 12.6 Å². The maximum absolute atomic E-state index is 13.3. The van der Waals surface area contributed by atoms with Gasteiger partial charge in [0.15, 0.2) is 0 Å². The summed E-state index contributed by atoms with van der Waals surface area (Å²) >= 11 is 6.00. The highest BCUT2D eigenvalue weighted by Gasteiger charge is 2.31. The summed E-state index contributed by atoms with van der Waals surface area (Å²) in [7, 11) is 0. The second kappa shape index (κ2) is 11.9. The number of aromatic nitrogens is 5. The molecule has 0 fully saturated rings. The van der Waals surface area contributed by atoms with Gasteiger partial charge in [0.1, 0.15) is 11.6 Å². The van der Waals surface area contributed by atoms with Crippen LogP contribution in [-0.2, 0) is 6.18 Å². The molecule has 2 amide bonds. The molecule has 5 aromatic rings. The van der Waals surface area contributed by atoms with Gasteiger partial charge in [-0.2, -0.15) is 18.3 Å². The van der Waals surface area contributed by atoms with Crippen LogP contribution in [0.1, 0.15) is 17.6 Å². The number of urea groups is 1. The Morgan fingerprint density at radius 1 is 0.953 bits per heavy atom. The Morgan fingerprint density at radius 2 is 1.67 bits per heavy atom. The summed E-state index contributed by atoms with van der Waals surface area (Å²) in [6.07, 6.45) is -1.90. The zero-order valence-corrected chi connectivity index (χ0v) is 22.2. The van der Waals surface area contributed by atoms with Crippen LogP contribution in [0.4, 0.5) is 43.9 Å². The lowest BCUT2D eigenvalue weighted by Crippen LogP contribution is -2.21. The molecular formula is C27H18ClF5N8O2. The van der Waals surface area contributed by atoms with Crippen molar-refractivity contribution in [3.05, 3.63) is 95.7 Å². The van der Waals surface area contributed by atoms with Crippen molar-refractivity contribution in [2.24, 2.45) is 0 Å². The first-order valence-corrected chi connectivity index (χ1v) is 12.5. The maximum Gasteiger partial charge on any atom is 0.416 e. The van der Waals surface area contributed by atoms with Gasteiger partial charge in [0.25, 0.3) is 6.43 Å². The van der Waals surface area contributed by atoms with E-state index in [0.29, 0.717) is 28.2 Å². The smallest absolute Gasteiger partial charge is 0.416 e. The molecule has 0 bridgehead atoms. The Bertz CT molecular complexity index is 1760. The Balaban J connectivity index is 1.27. The zero-order chi connectivity index (χ0) is 30.7. The molecule has 0 aliphatic rings. The number of hydrogen-bond acceptors (Lipinski definition) is 7. The minimum Gasteiger partial charge on any atom is -0.424 e. The second-order valence-electron chi connectivity index (χ2n) is 8.79. The van der Waals surface area contributed by atoms with Gasteiger partial charge in [0.05, 0.1) is 51.8 Å². The number of carbonyl (C=O) groups excluding carboxylic acids is 1. The van der Waals surface area contributed by atoms with Gasteiger partial charge in [0, 0.05) is 18.0 Å². The average Bonchev–Trinajstić information content (AvgIpc) is 3.46. The predicted octanol–water partition coefficient (Wildman–Crippen LogP) is 7.35. The number of ether oxygens (including phenoxy) is 1. The van der Waals surface area contributed by atoms with Crippen molar-refractivity contribution < 1.29 is 31.5 Å². The normalized spacial score (nSPS) is 11.4. The molecule has 10 nitrogen and oxygen atoms in total. The number of amides is 2. The maximum atomic E-state index is 13.3. The SMILES string of the molecule is Nc1ncc(Cl)cc1-c1ccc(Oc2ncc(NC(=O)Nc3cc(C(F)(F)F)ccc3-n3cc(C(F)F)cn3)cn2)cc1. The molecule has 3 aromatic heterocycles. The van der Waals surface area contributed by atoms with Crippen LogP contribution in [0.3, 0.4) is 0 Å². The molecule has 0 unspecified atom stereocenters. The third-order valence-electron chi connectivity index (χ3n) is 5.82. The fourth-order valence-electron chi connectivity index (χ4n) is 3.80. The summed E-state index contributed by atoms with van der Waals surface area (Å²) in [6, 6.07) is 9.84. The molecule has 2 aromatic carbocycles. The van der Waals surface area contributed by atoms with Crippen LogP contribution >= 0.6 is 11.6 Å². The fourth-order valence-corrected chi connectivity index (χ4v) is 3.96. The number of benzene rings is 2. The number of rotatable bonds is 7. The van der Waals surface area contributed by atoms with Crippen molar-refractivity contribution in [1.29, 1.82) is 0 Å². The van der Waals surface area contributed by atoms with E-state index in [1.807, 2.05) is 0 Å². The number of nitrogens with zero attached hydrogens (tertiary/aromatic N) is 5. The minimum atomic E-state index is -4.73. The first-order chi connectivity index (χ1) is 20.5. The van der Waals surface area contributed by atoms with Gasteiger partial charge in [-0.15, -0.1) is 0 Å². The highest BCUT2D eigenvalue weighted by atomic mass is 35.5. The lowest BCUT2D eigenvalue weighted by molar-refractivity contribution is -0.137. The average molecular weight is 617 g/mol. The molecule has 16 heteroatoms. The van der Waals surface area contributed by atoms with E-state index >= 15 is 0 Å². The lowest BCUT2D eigenvalue weighted by atomic mass is 10.1. The molecule has 43 heavy (non-hydrogen) atoms. The van der Waals surface area contributed by atoms with E-state index in [4.69, 9.17) is 22.1 Å². The number of halogens is 6. The first-order valence-electron chi connectivity index (χ1n) is 12.1. The van der Waals surface area contributed by atoms with Crippen molar-refractivity contribution in [3.8, 4) is 28.6 Å². The van der Waals surface area contributed by atoms with Crippen LogP contribution in [0.25, 0.3) is 16.8 Å². The molecule has 0 aliphatic carbocycles. The van der Waals surface area contributed by atoms with Crippen LogP contribution < -0.4 is 21.1 Å². The highest BCUT2D eigenvalue weighted by Crippen LogP contribution is 2.34. The number of pyridine rings is 1. The van der Waals surface area contributed by atoms with Gasteiger partial charge < -0.3 is 21.1 Å². The Labute approximate surface area is 244 Å². The van der Waals surface area contributed by atoms with Crippen LogP contribution in [0, 0.1) is 0 Å². The van der Waals surface area contributed by atoms with E-state index in [2.05, 4.69) is 30.7 Å². The molecule has 0 spiro atoms. The number of alkyl halides is 5. The van der Waals surface area contributed by atoms with E-state index in [0.717, 1.165) is 34.8 Å². The summed E-state index contributed by atoms with van der Waals surface area (Å²) in [5.41, 5.74) is 5.45. The third kappa shape index (κ3) is 6.95. The summed E-state index contributed by atoms with van der Waals surface area (Å²) in [5.74, 6) is 0.696. The van der Waals surface area contributed by atoms with Gasteiger partial charge in [-0.25, -0.2) is 33.2 Å². The van der Waals surface area contributed by atoms with Gasteiger partial charge >= 0.3 is 18.2 Å². The van der Waals surface area contributed by atoms with Gasteiger partial charge in [-0.05, 0) is 42.0 Å². The molecular weight excluding hydrogens is 599 g/mol. The minimum absolute atomic E-state index is 0.0590. The van der Waals surface area contributed by atoms with Crippen LogP contribution in [-0.4, -0.2) is 30.8 Å². The van der Waals surface area contributed by atoms with E-state index in [-0.39, 0.29) is 23.1 Å². The van der Waals surface area contributed by atoms with E-state index in [1.165, 1.54) is 18.6 Å². The van der Waals surface area contributed by atoms with Gasteiger partial charge in [0.2, 0.25) is 0 Å². The van der Waals surface area contributed by atoms with Crippen molar-refractivity contribution in [1.82, 2.24) is 24.7 Å². The first kappa shape index (κ1) is 29.2. The van der Waals surface area contributed by atoms with E-state index in [1.54, 1.807) is 30.3 Å². The standard InChI is InChI=1S/C27H18ClF5N8O2/c28-17-8-20(24(34)35-10-17)14-1-4-19(5-2-14)43-26-36-11-18(12-37-26)39-25(42)40-21-7-16(27(31,32)33)3-6-22(21)41-13-15(9-38-41)23(29)30/h1-13,23H,(H2,34,35)(H2,39,40,42). The molecule has 0 saturated carbocycles. The molecule has 0 radical (unpaired) electrons. The van der Waals surface area contributed by atoms with E-state index < -0.39 is 29.8 Å². The largest absolute Gasteiger partial charge is 0.424 e. The molecule has 3 heterocycles. The summed E-state index contributed by atoms with van der Waals surface area (Å²) in [6.45, 7) is 0. The molecule has 220 valence electrons. The summed E-state index contributed by atoms with van der Waals surface area (Å²) in [5, 5.41) is 8.86. The quantitative estimate of drug-likeness (QED) is 0.163. The van der Waals surface area contributed by atoms with Crippen LogP contribution in [0.15, 0.2) is 79.5 Å². The Kier molecular flexibility index (Phi) is 8.07. The number of nitrogen functional groups attached to an aromatic ring is 1. The third-order valence-corrected chi connectivity index (χ3v) is 6.03. The topological polar surface area (TPSA) is 133 Å². The molecule has 5 rings (SSSR count). The van der Waals surface area contributed by atoms with Gasteiger partial charge in [-0.3, -0.25) is 0 Å². The van der Waals surface area contributed by atoms with Crippen LogP contribution in [0.5, 0.6) is 11.8 Å². The number of nitrogens with one attached hydrogen (secondary N) is 2. The van der Waals surface area contributed by atoms with Crippen LogP contribution in [0.2, 0.25) is 5.02 Å². The molecule has 4 N–H and O–H groups in total. The summed E-state index contributed by atoms with van der Waals surface area (Å²) < 4.78 is 72.6. The molecule has 0 aliphatic heterocycles. The number of nitrogens with two attached hydrogens (primary N) is 1. The summed E-state index contributed by atoms with van der Waals surface area (Å²) in [4.78, 5) is 24.7. The monoisotopic (exact) mass is 616 g/mol. The van der Waals surface area contributed by atoms with Gasteiger partial charge in [-0.1, -0.05) is 23.7 Å². The second-order valence-corrected chi connectivity index (χ2v) is 9.23.